The maximum absolute atomic E-state index is 6.64. The average Bonchev–Trinajstić information content (AvgIpc) is 3.32. The molecule has 0 N–H and O–H groups in total. The van der Waals surface area contributed by atoms with Gasteiger partial charge in [-0.3, -0.25) is 0 Å². The highest BCUT2D eigenvalue weighted by Gasteiger charge is 2.29. The van der Waals surface area contributed by atoms with Gasteiger partial charge in [-0.05, 0) is 84.1 Å². The quantitative estimate of drug-likeness (QED) is 0.388. The minimum atomic E-state index is -0.222. The van der Waals surface area contributed by atoms with Crippen LogP contribution >= 0.6 is 0 Å². The summed E-state index contributed by atoms with van der Waals surface area (Å²) in [6, 6.07) is 22.9. The van der Waals surface area contributed by atoms with E-state index in [0.29, 0.717) is 0 Å². The molecule has 4 heteroatoms. The fourth-order valence-corrected chi connectivity index (χ4v) is 5.03. The SMILES string of the molecule is COc1cccc(C2=C(C)c3cc(OC)ccc3OC2c2ccc(/C=C\N3CC[C@@H](C)C3)cc2)c1. The van der Waals surface area contributed by atoms with E-state index in [4.69, 9.17) is 14.2 Å². The lowest BCUT2D eigenvalue weighted by molar-refractivity contribution is 0.259. The topological polar surface area (TPSA) is 30.9 Å². The Balaban J connectivity index is 1.51. The zero-order valence-electron chi connectivity index (χ0n) is 21.0. The highest BCUT2D eigenvalue weighted by Crippen LogP contribution is 2.47. The molecule has 4 nitrogen and oxygen atoms in total. The summed E-state index contributed by atoms with van der Waals surface area (Å²) in [5, 5.41) is 0. The van der Waals surface area contributed by atoms with Crippen molar-refractivity contribution in [3.8, 4) is 17.2 Å². The van der Waals surface area contributed by atoms with E-state index in [1.54, 1.807) is 14.2 Å². The fourth-order valence-electron chi connectivity index (χ4n) is 5.03. The number of allylic oxidation sites excluding steroid dienone is 1. The Morgan fingerprint density at radius 3 is 2.43 bits per heavy atom. The van der Waals surface area contributed by atoms with E-state index in [2.05, 4.69) is 67.4 Å². The Hall–Kier alpha value is -3.66. The standard InChI is InChI=1S/C31H33NO3/c1-21-14-16-32(20-21)17-15-23-8-10-24(11-9-23)31-30(25-6-5-7-26(18-25)33-3)22(2)28-19-27(34-4)12-13-29(28)35-31/h5-13,15,17-19,21,31H,14,16,20H2,1-4H3/b17-15-/t21-,31?/m1/s1. The molecule has 1 saturated heterocycles. The molecule has 3 aromatic rings. The molecule has 0 bridgehead atoms. The number of benzene rings is 3. The maximum atomic E-state index is 6.64. The first-order valence-electron chi connectivity index (χ1n) is 12.3. The van der Waals surface area contributed by atoms with E-state index in [-0.39, 0.29) is 6.10 Å². The molecule has 180 valence electrons. The van der Waals surface area contributed by atoms with Gasteiger partial charge in [0.2, 0.25) is 0 Å². The summed E-state index contributed by atoms with van der Waals surface area (Å²) < 4.78 is 17.7. The van der Waals surface area contributed by atoms with Gasteiger partial charge < -0.3 is 19.1 Å². The first kappa shape index (κ1) is 23.1. The maximum Gasteiger partial charge on any atom is 0.150 e. The predicted octanol–water partition coefficient (Wildman–Crippen LogP) is 7.08. The summed E-state index contributed by atoms with van der Waals surface area (Å²) in [7, 11) is 3.39. The molecule has 1 unspecified atom stereocenters. The van der Waals surface area contributed by atoms with Gasteiger partial charge in [0.15, 0.2) is 0 Å². The minimum absolute atomic E-state index is 0.222. The van der Waals surface area contributed by atoms with Crippen LogP contribution in [0.3, 0.4) is 0 Å². The van der Waals surface area contributed by atoms with Gasteiger partial charge in [-0.25, -0.2) is 0 Å². The third-order valence-corrected chi connectivity index (χ3v) is 7.05. The number of nitrogens with zero attached hydrogens (tertiary/aromatic N) is 1. The van der Waals surface area contributed by atoms with Crippen LogP contribution in [0.2, 0.25) is 0 Å². The van der Waals surface area contributed by atoms with Crippen LogP contribution < -0.4 is 14.2 Å². The summed E-state index contributed by atoms with van der Waals surface area (Å²) in [6.45, 7) is 6.76. The Morgan fingerprint density at radius 1 is 0.943 bits per heavy atom. The molecule has 1 fully saturated rings. The van der Waals surface area contributed by atoms with Crippen molar-refractivity contribution in [2.24, 2.45) is 5.92 Å². The minimum Gasteiger partial charge on any atom is -0.497 e. The van der Waals surface area contributed by atoms with E-state index < -0.39 is 0 Å². The Kier molecular flexibility index (Phi) is 6.54. The van der Waals surface area contributed by atoms with Crippen LogP contribution in [0, 0.1) is 5.92 Å². The first-order valence-corrected chi connectivity index (χ1v) is 12.3. The van der Waals surface area contributed by atoms with Crippen molar-refractivity contribution in [3.63, 3.8) is 0 Å². The summed E-state index contributed by atoms with van der Waals surface area (Å²) in [5.41, 5.74) is 6.77. The van der Waals surface area contributed by atoms with E-state index in [1.807, 2.05) is 30.3 Å². The lowest BCUT2D eigenvalue weighted by Gasteiger charge is -2.31. The molecule has 0 spiro atoms. The second-order valence-corrected chi connectivity index (χ2v) is 9.50. The van der Waals surface area contributed by atoms with Gasteiger partial charge in [0.1, 0.15) is 23.4 Å². The molecule has 0 amide bonds. The van der Waals surface area contributed by atoms with Crippen molar-refractivity contribution < 1.29 is 14.2 Å². The van der Waals surface area contributed by atoms with Crippen molar-refractivity contribution in [1.29, 1.82) is 0 Å². The molecule has 2 aliphatic heterocycles. The van der Waals surface area contributed by atoms with Crippen LogP contribution in [0.5, 0.6) is 17.2 Å². The number of ether oxygens (including phenoxy) is 3. The average molecular weight is 468 g/mol. The number of likely N-dealkylation sites (tertiary alicyclic amines) is 1. The Labute approximate surface area is 208 Å². The molecule has 2 aliphatic rings. The number of methoxy groups -OCH3 is 2. The summed E-state index contributed by atoms with van der Waals surface area (Å²) in [5.74, 6) is 3.29. The van der Waals surface area contributed by atoms with Crippen molar-refractivity contribution in [3.05, 3.63) is 95.2 Å². The Bertz CT molecular complexity index is 1260. The molecular formula is C31H33NO3. The second-order valence-electron chi connectivity index (χ2n) is 9.50. The van der Waals surface area contributed by atoms with Crippen molar-refractivity contribution >= 4 is 17.2 Å². The van der Waals surface area contributed by atoms with Gasteiger partial charge in [-0.15, -0.1) is 0 Å². The molecule has 5 rings (SSSR count). The van der Waals surface area contributed by atoms with Gasteiger partial charge >= 0.3 is 0 Å². The molecule has 35 heavy (non-hydrogen) atoms. The van der Waals surface area contributed by atoms with Crippen molar-refractivity contribution in [2.45, 2.75) is 26.4 Å². The number of fused-ring (bicyclic) bond motifs is 1. The molecule has 0 radical (unpaired) electrons. The number of hydrogen-bond donors (Lipinski definition) is 0. The predicted molar refractivity (Wildman–Crippen MR) is 143 cm³/mol. The third kappa shape index (κ3) is 4.79. The highest BCUT2D eigenvalue weighted by molar-refractivity contribution is 5.96. The Morgan fingerprint density at radius 2 is 1.71 bits per heavy atom. The molecule has 2 atom stereocenters. The van der Waals surface area contributed by atoms with Crippen LogP contribution in [0.15, 0.2) is 72.9 Å². The lowest BCUT2D eigenvalue weighted by Crippen LogP contribution is -2.16. The molecule has 2 heterocycles. The third-order valence-electron chi connectivity index (χ3n) is 7.05. The second kappa shape index (κ2) is 9.91. The normalized spacial score (nSPS) is 19.6. The van der Waals surface area contributed by atoms with Gasteiger partial charge in [-0.2, -0.15) is 0 Å². The smallest absolute Gasteiger partial charge is 0.150 e. The largest absolute Gasteiger partial charge is 0.497 e. The molecule has 3 aromatic carbocycles. The molecule has 0 saturated carbocycles. The monoisotopic (exact) mass is 467 g/mol. The summed E-state index contributed by atoms with van der Waals surface area (Å²) in [4.78, 5) is 2.40. The summed E-state index contributed by atoms with van der Waals surface area (Å²) >= 11 is 0. The number of rotatable bonds is 6. The lowest BCUT2D eigenvalue weighted by atomic mass is 9.86. The van der Waals surface area contributed by atoms with Crippen LogP contribution in [-0.4, -0.2) is 32.2 Å². The molecule has 0 aromatic heterocycles. The van der Waals surface area contributed by atoms with Gasteiger partial charge in [0.25, 0.3) is 0 Å². The number of hydrogen-bond acceptors (Lipinski definition) is 4. The van der Waals surface area contributed by atoms with Crippen LogP contribution in [0.25, 0.3) is 17.2 Å². The molecule has 0 aliphatic carbocycles. The fraction of sp³-hybridized carbons (Fsp3) is 0.290. The van der Waals surface area contributed by atoms with E-state index in [9.17, 15) is 0 Å². The zero-order valence-corrected chi connectivity index (χ0v) is 21.0. The summed E-state index contributed by atoms with van der Waals surface area (Å²) in [6.07, 6.45) is 5.48. The van der Waals surface area contributed by atoms with Gasteiger partial charge in [-0.1, -0.05) is 43.3 Å². The van der Waals surface area contributed by atoms with Gasteiger partial charge in [0.05, 0.1) is 14.2 Å². The van der Waals surface area contributed by atoms with Crippen LogP contribution in [0.4, 0.5) is 0 Å². The van der Waals surface area contributed by atoms with E-state index in [1.165, 1.54) is 17.6 Å². The van der Waals surface area contributed by atoms with E-state index >= 15 is 0 Å². The highest BCUT2D eigenvalue weighted by atomic mass is 16.5. The van der Waals surface area contributed by atoms with E-state index in [0.717, 1.165) is 58.5 Å². The first-order chi connectivity index (χ1) is 17.1. The van der Waals surface area contributed by atoms with Crippen LogP contribution in [0.1, 0.15) is 48.6 Å². The zero-order chi connectivity index (χ0) is 24.4. The van der Waals surface area contributed by atoms with Gasteiger partial charge in [0, 0.05) is 24.2 Å². The van der Waals surface area contributed by atoms with Crippen molar-refractivity contribution in [2.75, 3.05) is 27.3 Å². The van der Waals surface area contributed by atoms with Crippen LogP contribution in [-0.2, 0) is 0 Å². The van der Waals surface area contributed by atoms with Crippen molar-refractivity contribution in [1.82, 2.24) is 4.90 Å². The molecular weight excluding hydrogens is 434 g/mol.